The maximum absolute atomic E-state index is 12.0. The van der Waals surface area contributed by atoms with Crippen molar-refractivity contribution >= 4 is 23.2 Å². The smallest absolute Gasteiger partial charge is 0.234 e. The quantitative estimate of drug-likeness (QED) is 0.803. The van der Waals surface area contributed by atoms with Crippen LogP contribution in [0.2, 0.25) is 5.02 Å². The van der Waals surface area contributed by atoms with E-state index in [1.165, 1.54) is 0 Å². The zero-order valence-electron chi connectivity index (χ0n) is 11.5. The van der Waals surface area contributed by atoms with Crippen LogP contribution in [0.5, 0.6) is 0 Å². The zero-order valence-corrected chi connectivity index (χ0v) is 12.2. The second-order valence-electron chi connectivity index (χ2n) is 4.56. The molecule has 0 aliphatic heterocycles. The molecule has 0 aliphatic rings. The van der Waals surface area contributed by atoms with E-state index in [0.29, 0.717) is 16.7 Å². The summed E-state index contributed by atoms with van der Waals surface area (Å²) >= 11 is 6.04. The van der Waals surface area contributed by atoms with Crippen molar-refractivity contribution in [1.29, 1.82) is 0 Å². The lowest BCUT2D eigenvalue weighted by molar-refractivity contribution is -0.115. The van der Waals surface area contributed by atoms with Crippen molar-refractivity contribution in [3.8, 4) is 5.95 Å². The molecule has 0 atom stereocenters. The molecule has 1 aromatic carbocycles. The second-order valence-corrected chi connectivity index (χ2v) is 4.97. The molecule has 0 saturated heterocycles. The fourth-order valence-corrected chi connectivity index (χ4v) is 2.12. The summed E-state index contributed by atoms with van der Waals surface area (Å²) < 4.78 is 1.68. The van der Waals surface area contributed by atoms with E-state index in [1.54, 1.807) is 41.7 Å². The van der Waals surface area contributed by atoms with Gasteiger partial charge in [-0.3, -0.25) is 9.36 Å². The molecule has 3 rings (SSSR count). The van der Waals surface area contributed by atoms with E-state index in [2.05, 4.69) is 20.3 Å². The van der Waals surface area contributed by atoms with Crippen LogP contribution in [0.15, 0.2) is 55.4 Å². The van der Waals surface area contributed by atoms with Gasteiger partial charge in [0.2, 0.25) is 11.9 Å². The van der Waals surface area contributed by atoms with Crippen molar-refractivity contribution in [3.63, 3.8) is 0 Å². The van der Waals surface area contributed by atoms with E-state index in [4.69, 9.17) is 11.6 Å². The van der Waals surface area contributed by atoms with Crippen LogP contribution in [0.25, 0.3) is 5.95 Å². The number of halogens is 1. The molecule has 22 heavy (non-hydrogen) atoms. The zero-order chi connectivity index (χ0) is 15.4. The van der Waals surface area contributed by atoms with Crippen molar-refractivity contribution < 1.29 is 4.79 Å². The van der Waals surface area contributed by atoms with Crippen molar-refractivity contribution in [2.24, 2.45) is 0 Å². The summed E-state index contributed by atoms with van der Waals surface area (Å²) in [5, 5.41) is 3.32. The van der Waals surface area contributed by atoms with Crippen molar-refractivity contribution in [3.05, 3.63) is 66.0 Å². The van der Waals surface area contributed by atoms with Gasteiger partial charge in [-0.05, 0) is 11.6 Å². The molecule has 6 nitrogen and oxygen atoms in total. The summed E-state index contributed by atoms with van der Waals surface area (Å²) in [6.45, 7) is 0. The lowest BCUT2D eigenvalue weighted by Gasteiger charge is -2.06. The van der Waals surface area contributed by atoms with E-state index in [9.17, 15) is 4.79 Å². The molecule has 2 aromatic heterocycles. The minimum Gasteiger partial charge on any atom is -0.323 e. The maximum Gasteiger partial charge on any atom is 0.234 e. The predicted octanol–water partition coefficient (Wildman–Crippen LogP) is 2.50. The Labute approximate surface area is 131 Å². The number of benzene rings is 1. The number of nitrogens with one attached hydrogen (secondary N) is 1. The van der Waals surface area contributed by atoms with Gasteiger partial charge >= 0.3 is 0 Å². The molecular weight excluding hydrogens is 302 g/mol. The Morgan fingerprint density at radius 2 is 2.00 bits per heavy atom. The van der Waals surface area contributed by atoms with Crippen LogP contribution in [0.4, 0.5) is 5.69 Å². The van der Waals surface area contributed by atoms with Crippen LogP contribution in [0, 0.1) is 0 Å². The first-order valence-electron chi connectivity index (χ1n) is 6.56. The van der Waals surface area contributed by atoms with Crippen LogP contribution in [-0.4, -0.2) is 25.4 Å². The van der Waals surface area contributed by atoms with E-state index in [0.717, 1.165) is 5.56 Å². The molecule has 7 heteroatoms. The number of anilines is 1. The topological polar surface area (TPSA) is 72.7 Å². The number of amides is 1. The molecule has 0 bridgehead atoms. The third-order valence-corrected chi connectivity index (χ3v) is 3.33. The van der Waals surface area contributed by atoms with Gasteiger partial charge in [0, 0.05) is 17.4 Å². The van der Waals surface area contributed by atoms with Crippen LogP contribution in [0.1, 0.15) is 5.56 Å². The van der Waals surface area contributed by atoms with Crippen molar-refractivity contribution in [1.82, 2.24) is 19.5 Å². The highest BCUT2D eigenvalue weighted by atomic mass is 35.5. The Morgan fingerprint density at radius 1 is 1.23 bits per heavy atom. The number of imidazole rings is 1. The lowest BCUT2D eigenvalue weighted by atomic mass is 10.1. The largest absolute Gasteiger partial charge is 0.323 e. The summed E-state index contributed by atoms with van der Waals surface area (Å²) in [7, 11) is 0. The van der Waals surface area contributed by atoms with Gasteiger partial charge in [0.05, 0.1) is 24.5 Å². The average Bonchev–Trinajstić information content (AvgIpc) is 3.05. The van der Waals surface area contributed by atoms with Gasteiger partial charge in [0.1, 0.15) is 6.33 Å². The SMILES string of the molecule is O=C(Cc1ccccc1Cl)Nc1cnc(-n2ccnc2)nc1. The Hall–Kier alpha value is -2.73. The van der Waals surface area contributed by atoms with E-state index in [1.807, 2.05) is 18.2 Å². The number of carbonyl (C=O) groups excluding carboxylic acids is 1. The number of hydrogen-bond donors (Lipinski definition) is 1. The first-order chi connectivity index (χ1) is 10.7. The van der Waals surface area contributed by atoms with Crippen LogP contribution >= 0.6 is 11.6 Å². The van der Waals surface area contributed by atoms with Crippen LogP contribution < -0.4 is 5.32 Å². The molecule has 0 fully saturated rings. The molecule has 1 amide bonds. The summed E-state index contributed by atoms with van der Waals surface area (Å²) in [6.07, 6.45) is 8.28. The molecule has 1 N–H and O–H groups in total. The second kappa shape index (κ2) is 6.36. The molecule has 0 unspecified atom stereocenters. The fourth-order valence-electron chi connectivity index (χ4n) is 1.92. The number of nitrogens with zero attached hydrogens (tertiary/aromatic N) is 4. The molecule has 0 spiro atoms. The number of aromatic nitrogens is 4. The Bertz CT molecular complexity index is 771. The summed E-state index contributed by atoms with van der Waals surface area (Å²) in [4.78, 5) is 24.3. The Balaban J connectivity index is 1.66. The Morgan fingerprint density at radius 3 is 2.68 bits per heavy atom. The first-order valence-corrected chi connectivity index (χ1v) is 6.94. The van der Waals surface area contributed by atoms with Gasteiger partial charge in [-0.15, -0.1) is 0 Å². The highest BCUT2D eigenvalue weighted by Crippen LogP contribution is 2.16. The third kappa shape index (κ3) is 3.29. The maximum atomic E-state index is 12.0. The predicted molar refractivity (Wildman–Crippen MR) is 82.9 cm³/mol. The highest BCUT2D eigenvalue weighted by Gasteiger charge is 2.08. The average molecular weight is 314 g/mol. The minimum atomic E-state index is -0.174. The lowest BCUT2D eigenvalue weighted by Crippen LogP contribution is -2.15. The summed E-state index contributed by atoms with van der Waals surface area (Å²) in [6, 6.07) is 7.25. The first kappa shape index (κ1) is 14.2. The van der Waals surface area contributed by atoms with Gasteiger partial charge in [-0.25, -0.2) is 15.0 Å². The molecule has 3 aromatic rings. The Kier molecular flexibility index (Phi) is 4.11. The van der Waals surface area contributed by atoms with Gasteiger partial charge in [-0.1, -0.05) is 29.8 Å². The minimum absolute atomic E-state index is 0.174. The third-order valence-electron chi connectivity index (χ3n) is 2.97. The van der Waals surface area contributed by atoms with Crippen LogP contribution in [0.3, 0.4) is 0 Å². The molecule has 0 radical (unpaired) electrons. The van der Waals surface area contributed by atoms with Gasteiger partial charge in [-0.2, -0.15) is 0 Å². The molecule has 0 aliphatic carbocycles. The summed E-state index contributed by atoms with van der Waals surface area (Å²) in [5.74, 6) is 0.314. The number of rotatable bonds is 4. The normalized spacial score (nSPS) is 10.4. The van der Waals surface area contributed by atoms with Crippen molar-refractivity contribution in [2.45, 2.75) is 6.42 Å². The van der Waals surface area contributed by atoms with Gasteiger partial charge in [0.25, 0.3) is 0 Å². The molecule has 0 saturated carbocycles. The standard InChI is InChI=1S/C15H12ClN5O/c16-13-4-2-1-3-11(13)7-14(22)20-12-8-18-15(19-9-12)21-6-5-17-10-21/h1-6,8-10H,7H2,(H,20,22). The van der Waals surface area contributed by atoms with Gasteiger partial charge in [0.15, 0.2) is 0 Å². The van der Waals surface area contributed by atoms with Crippen LogP contribution in [-0.2, 0) is 11.2 Å². The van der Waals surface area contributed by atoms with Gasteiger partial charge < -0.3 is 5.32 Å². The number of carbonyl (C=O) groups is 1. The van der Waals surface area contributed by atoms with E-state index >= 15 is 0 Å². The fraction of sp³-hybridized carbons (Fsp3) is 0.0667. The summed E-state index contributed by atoms with van der Waals surface area (Å²) in [5.41, 5.74) is 1.30. The molecule has 110 valence electrons. The number of hydrogen-bond acceptors (Lipinski definition) is 4. The monoisotopic (exact) mass is 313 g/mol. The van der Waals surface area contributed by atoms with E-state index in [-0.39, 0.29) is 12.3 Å². The van der Waals surface area contributed by atoms with Crippen molar-refractivity contribution in [2.75, 3.05) is 5.32 Å². The molecule has 2 heterocycles. The molecular formula is C15H12ClN5O. The highest BCUT2D eigenvalue weighted by molar-refractivity contribution is 6.31. The van der Waals surface area contributed by atoms with E-state index < -0.39 is 0 Å².